The Kier molecular flexibility index (Phi) is 5.32. The molecule has 3 N–H and O–H groups in total. The number of imide groups is 1. The van der Waals surface area contributed by atoms with Crippen molar-refractivity contribution in [2.24, 2.45) is 5.92 Å². The highest BCUT2D eigenvalue weighted by Crippen LogP contribution is 2.34. The first kappa shape index (κ1) is 21.1. The van der Waals surface area contributed by atoms with Crippen molar-refractivity contribution in [3.63, 3.8) is 0 Å². The van der Waals surface area contributed by atoms with Gasteiger partial charge in [0.05, 0.1) is 23.4 Å². The first-order valence-corrected chi connectivity index (χ1v) is 11.0. The molecule has 1 atom stereocenters. The van der Waals surface area contributed by atoms with E-state index in [-0.39, 0.29) is 29.6 Å². The summed E-state index contributed by atoms with van der Waals surface area (Å²) in [7, 11) is 0. The topological polar surface area (TPSA) is 105 Å². The average Bonchev–Trinajstić information content (AvgIpc) is 3.34. The summed E-state index contributed by atoms with van der Waals surface area (Å²) in [4.78, 5) is 41.3. The first-order valence-electron chi connectivity index (χ1n) is 11.0. The molecular weight excluding hydrogens is 425 g/mol. The van der Waals surface area contributed by atoms with Gasteiger partial charge in [-0.25, -0.2) is 14.2 Å². The van der Waals surface area contributed by atoms with E-state index in [1.807, 2.05) is 28.8 Å². The number of imidazole rings is 1. The van der Waals surface area contributed by atoms with Crippen molar-refractivity contribution in [2.45, 2.75) is 43.8 Å². The van der Waals surface area contributed by atoms with Crippen molar-refractivity contribution < 1.29 is 18.8 Å². The third-order valence-electron chi connectivity index (χ3n) is 6.72. The van der Waals surface area contributed by atoms with Gasteiger partial charge in [-0.05, 0) is 55.5 Å². The predicted octanol–water partition coefficient (Wildman–Crippen LogP) is 2.80. The molecule has 3 aromatic rings. The number of amides is 4. The largest absolute Gasteiger partial charge is 0.347 e. The maximum atomic E-state index is 13.5. The van der Waals surface area contributed by atoms with Gasteiger partial charge in [0.25, 0.3) is 5.91 Å². The van der Waals surface area contributed by atoms with E-state index in [2.05, 4.69) is 20.9 Å². The Labute approximate surface area is 189 Å². The number of urea groups is 1. The van der Waals surface area contributed by atoms with Gasteiger partial charge in [0, 0.05) is 12.5 Å². The van der Waals surface area contributed by atoms with Crippen molar-refractivity contribution >= 4 is 28.9 Å². The van der Waals surface area contributed by atoms with Crippen LogP contribution in [0.3, 0.4) is 0 Å². The number of carbonyl (C=O) groups excluding carboxylic acids is 3. The highest BCUT2D eigenvalue weighted by Gasteiger charge is 2.49. The van der Waals surface area contributed by atoms with E-state index >= 15 is 0 Å². The third kappa shape index (κ3) is 4.06. The summed E-state index contributed by atoms with van der Waals surface area (Å²) in [6.45, 7) is 0.438. The van der Waals surface area contributed by atoms with Crippen LogP contribution in [-0.2, 0) is 16.1 Å². The Morgan fingerprint density at radius 2 is 1.88 bits per heavy atom. The Morgan fingerprint density at radius 3 is 2.58 bits per heavy atom. The molecular formula is C24H24FN5O3. The van der Waals surface area contributed by atoms with Crippen molar-refractivity contribution in [3.05, 3.63) is 66.2 Å². The maximum absolute atomic E-state index is 13.5. The lowest BCUT2D eigenvalue weighted by atomic mass is 9.76. The molecule has 1 aliphatic heterocycles. The molecule has 0 bridgehead atoms. The zero-order valence-corrected chi connectivity index (χ0v) is 17.9. The predicted molar refractivity (Wildman–Crippen MR) is 118 cm³/mol. The number of hydrogen-bond donors (Lipinski definition) is 3. The minimum Gasteiger partial charge on any atom is -0.347 e. The number of nitrogens with zero attached hydrogens (tertiary/aromatic N) is 2. The summed E-state index contributed by atoms with van der Waals surface area (Å²) in [6, 6.07) is 13.0. The second-order valence-electron chi connectivity index (χ2n) is 8.76. The van der Waals surface area contributed by atoms with Gasteiger partial charge in [-0.3, -0.25) is 14.9 Å². The lowest BCUT2D eigenvalue weighted by Crippen LogP contribution is -2.51. The number of fused-ring (bicyclic) bond motifs is 1. The molecule has 1 aliphatic carbocycles. The van der Waals surface area contributed by atoms with Gasteiger partial charge < -0.3 is 15.2 Å². The maximum Gasteiger partial charge on any atom is 0.322 e. The number of nitrogens with one attached hydrogen (secondary N) is 3. The third-order valence-corrected chi connectivity index (χ3v) is 6.72. The smallest absolute Gasteiger partial charge is 0.322 e. The monoisotopic (exact) mass is 449 g/mol. The summed E-state index contributed by atoms with van der Waals surface area (Å²) in [5, 5.41) is 8.14. The van der Waals surface area contributed by atoms with Crippen LogP contribution in [-0.4, -0.2) is 32.9 Å². The van der Waals surface area contributed by atoms with E-state index in [1.54, 1.807) is 18.5 Å². The van der Waals surface area contributed by atoms with Gasteiger partial charge in [0.15, 0.2) is 0 Å². The van der Waals surface area contributed by atoms with E-state index in [0.29, 0.717) is 32.2 Å². The number of rotatable bonds is 5. The second-order valence-corrected chi connectivity index (χ2v) is 8.76. The number of hydrogen-bond acceptors (Lipinski definition) is 4. The van der Waals surface area contributed by atoms with E-state index in [4.69, 9.17) is 0 Å². The van der Waals surface area contributed by atoms with Crippen LogP contribution in [0, 0.1) is 11.7 Å². The number of carbonyl (C=O) groups is 3. The van der Waals surface area contributed by atoms with E-state index in [9.17, 15) is 18.8 Å². The highest BCUT2D eigenvalue weighted by atomic mass is 19.1. The SMILES string of the molecule is O=C1NC(=O)C2(CCC(C(=O)NC(Cn3cnc4ccccc43)c3ccc(F)cc3)CC2)N1. The molecule has 5 rings (SSSR count). The zero-order valence-electron chi connectivity index (χ0n) is 17.9. The standard InChI is InChI=1S/C24H24FN5O3/c25-17-7-5-15(6-8-17)19(13-30-14-26-18-3-1-2-4-20(18)30)27-21(31)16-9-11-24(12-10-16)22(32)28-23(33)29-24/h1-8,14,16,19H,9-13H2,(H,27,31)(H2,28,29,32,33). The highest BCUT2D eigenvalue weighted by molar-refractivity contribution is 6.07. The number of para-hydroxylation sites is 2. The quantitative estimate of drug-likeness (QED) is 0.521. The molecule has 1 aromatic heterocycles. The van der Waals surface area contributed by atoms with Crippen LogP contribution < -0.4 is 16.0 Å². The van der Waals surface area contributed by atoms with E-state index in [1.165, 1.54) is 12.1 Å². The number of benzene rings is 2. The normalized spacial score (nSPS) is 23.4. The first-order chi connectivity index (χ1) is 15.9. The minimum atomic E-state index is -0.903. The van der Waals surface area contributed by atoms with Crippen LogP contribution in [0.2, 0.25) is 0 Å². The van der Waals surface area contributed by atoms with Crippen LogP contribution in [0.4, 0.5) is 9.18 Å². The molecule has 2 heterocycles. The summed E-state index contributed by atoms with van der Waals surface area (Å²) in [5.74, 6) is -1.05. The fourth-order valence-corrected chi connectivity index (χ4v) is 4.82. The van der Waals surface area contributed by atoms with Gasteiger partial charge in [-0.2, -0.15) is 0 Å². The molecule has 1 spiro atoms. The van der Waals surface area contributed by atoms with Crippen molar-refractivity contribution in [1.82, 2.24) is 25.5 Å². The molecule has 9 heteroatoms. The lowest BCUT2D eigenvalue weighted by Gasteiger charge is -2.34. The average molecular weight is 449 g/mol. The fraction of sp³-hybridized carbons (Fsp3) is 0.333. The molecule has 4 amide bonds. The summed E-state index contributed by atoms with van der Waals surface area (Å²) < 4.78 is 15.5. The number of aromatic nitrogens is 2. The van der Waals surface area contributed by atoms with Crippen LogP contribution >= 0.6 is 0 Å². The molecule has 1 saturated carbocycles. The van der Waals surface area contributed by atoms with E-state index in [0.717, 1.165) is 16.6 Å². The van der Waals surface area contributed by atoms with Gasteiger partial charge in [-0.1, -0.05) is 24.3 Å². The molecule has 170 valence electrons. The van der Waals surface area contributed by atoms with Gasteiger partial charge in [0.2, 0.25) is 5.91 Å². The molecule has 1 unspecified atom stereocenters. The molecule has 1 saturated heterocycles. The summed E-state index contributed by atoms with van der Waals surface area (Å²) >= 11 is 0. The van der Waals surface area contributed by atoms with Crippen LogP contribution in [0.25, 0.3) is 11.0 Å². The molecule has 2 fully saturated rings. The van der Waals surface area contributed by atoms with Crippen LogP contribution in [0.15, 0.2) is 54.9 Å². The molecule has 2 aromatic carbocycles. The Bertz CT molecular complexity index is 1210. The minimum absolute atomic E-state index is 0.117. The summed E-state index contributed by atoms with van der Waals surface area (Å²) in [6.07, 6.45) is 3.54. The second kappa shape index (κ2) is 8.31. The number of halogens is 1. The molecule has 8 nitrogen and oxygen atoms in total. The van der Waals surface area contributed by atoms with Crippen molar-refractivity contribution in [2.75, 3.05) is 0 Å². The Hall–Kier alpha value is -3.75. The Balaban J connectivity index is 1.33. The molecule has 33 heavy (non-hydrogen) atoms. The van der Waals surface area contributed by atoms with Crippen LogP contribution in [0.5, 0.6) is 0 Å². The lowest BCUT2D eigenvalue weighted by molar-refractivity contribution is -0.130. The van der Waals surface area contributed by atoms with Crippen molar-refractivity contribution in [1.29, 1.82) is 0 Å². The van der Waals surface area contributed by atoms with Crippen LogP contribution in [0.1, 0.15) is 37.3 Å². The van der Waals surface area contributed by atoms with Gasteiger partial charge >= 0.3 is 6.03 Å². The van der Waals surface area contributed by atoms with Gasteiger partial charge in [-0.15, -0.1) is 0 Å². The van der Waals surface area contributed by atoms with Gasteiger partial charge in [0.1, 0.15) is 11.4 Å². The van der Waals surface area contributed by atoms with E-state index < -0.39 is 11.6 Å². The fourth-order valence-electron chi connectivity index (χ4n) is 4.82. The Morgan fingerprint density at radius 1 is 1.15 bits per heavy atom. The van der Waals surface area contributed by atoms with Crippen molar-refractivity contribution in [3.8, 4) is 0 Å². The summed E-state index contributed by atoms with van der Waals surface area (Å²) in [5.41, 5.74) is 1.69. The zero-order chi connectivity index (χ0) is 23.0. The molecule has 2 aliphatic rings. The molecule has 0 radical (unpaired) electrons.